The summed E-state index contributed by atoms with van der Waals surface area (Å²) in [6.45, 7) is 8.11. The number of hydrogen-bond donors (Lipinski definition) is 2. The predicted octanol–water partition coefficient (Wildman–Crippen LogP) is 2.64. The van der Waals surface area contributed by atoms with Gasteiger partial charge in [-0.3, -0.25) is 10.1 Å². The summed E-state index contributed by atoms with van der Waals surface area (Å²) in [6, 6.07) is 3.97. The van der Waals surface area contributed by atoms with E-state index in [2.05, 4.69) is 5.32 Å². The summed E-state index contributed by atoms with van der Waals surface area (Å²) in [6.07, 6.45) is 0.452. The summed E-state index contributed by atoms with van der Waals surface area (Å²) in [5.74, 6) is -0.848. The quantitative estimate of drug-likeness (QED) is 0.892. The minimum atomic E-state index is -1.06. The fourth-order valence-corrected chi connectivity index (χ4v) is 3.65. The minimum absolute atomic E-state index is 0.440. The van der Waals surface area contributed by atoms with Crippen LogP contribution in [0.25, 0.3) is 0 Å². The van der Waals surface area contributed by atoms with Gasteiger partial charge in [0.15, 0.2) is 0 Å². The van der Waals surface area contributed by atoms with Crippen molar-refractivity contribution in [2.45, 2.75) is 57.4 Å². The molecule has 0 spiro atoms. The van der Waals surface area contributed by atoms with Crippen molar-refractivity contribution in [3.8, 4) is 0 Å². The summed E-state index contributed by atoms with van der Waals surface area (Å²) in [7, 11) is 0. The molecule has 1 fully saturated rings. The summed E-state index contributed by atoms with van der Waals surface area (Å²) < 4.78 is 5.94. The molecule has 1 saturated heterocycles. The van der Waals surface area contributed by atoms with Crippen molar-refractivity contribution < 1.29 is 14.6 Å². The first-order valence-corrected chi connectivity index (χ1v) is 7.28. The Morgan fingerprint density at radius 1 is 1.47 bits per heavy atom. The predicted molar refractivity (Wildman–Crippen MR) is 75.4 cm³/mol. The van der Waals surface area contributed by atoms with Crippen LogP contribution in [0, 0.1) is 0 Å². The number of rotatable bonds is 4. The van der Waals surface area contributed by atoms with Gasteiger partial charge in [-0.25, -0.2) is 0 Å². The number of aliphatic carboxylic acids is 1. The Balaban J connectivity index is 2.25. The van der Waals surface area contributed by atoms with Gasteiger partial charge in [-0.2, -0.15) is 0 Å². The lowest BCUT2D eigenvalue weighted by molar-refractivity contribution is -0.153. The molecule has 1 aromatic rings. The van der Waals surface area contributed by atoms with E-state index in [4.69, 9.17) is 4.74 Å². The normalized spacial score (nSPS) is 28.4. The van der Waals surface area contributed by atoms with Crippen LogP contribution in [0.15, 0.2) is 17.5 Å². The summed E-state index contributed by atoms with van der Waals surface area (Å²) >= 11 is 1.62. The third kappa shape index (κ3) is 2.55. The lowest BCUT2D eigenvalue weighted by Crippen LogP contribution is -2.62. The van der Waals surface area contributed by atoms with E-state index in [1.807, 2.05) is 45.2 Å². The highest BCUT2D eigenvalue weighted by molar-refractivity contribution is 7.09. The van der Waals surface area contributed by atoms with E-state index in [-0.39, 0.29) is 0 Å². The van der Waals surface area contributed by atoms with Gasteiger partial charge in [-0.05, 0) is 39.1 Å². The highest BCUT2D eigenvalue weighted by Crippen LogP contribution is 2.45. The molecule has 0 saturated carbocycles. The highest BCUT2D eigenvalue weighted by atomic mass is 32.1. The zero-order valence-electron chi connectivity index (χ0n) is 11.8. The highest BCUT2D eigenvalue weighted by Gasteiger charge is 2.61. The van der Waals surface area contributed by atoms with Crippen molar-refractivity contribution >= 4 is 17.3 Å². The molecular formula is C14H21NO3S. The topological polar surface area (TPSA) is 58.6 Å². The zero-order chi connectivity index (χ0) is 14.3. The molecule has 2 N–H and O–H groups in total. The van der Waals surface area contributed by atoms with Crippen LogP contribution in [-0.4, -0.2) is 27.8 Å². The SMILES string of the molecule is CC1(C)CC(NCc2cccs2)(C(=O)O)C(C)(C)O1. The second-order valence-corrected chi connectivity index (χ2v) is 7.22. The Morgan fingerprint density at radius 3 is 2.58 bits per heavy atom. The minimum Gasteiger partial charge on any atom is -0.480 e. The van der Waals surface area contributed by atoms with E-state index in [1.165, 1.54) is 0 Å². The summed E-state index contributed by atoms with van der Waals surface area (Å²) in [4.78, 5) is 13.0. The van der Waals surface area contributed by atoms with Gasteiger partial charge >= 0.3 is 5.97 Å². The molecule has 106 valence electrons. The number of carbonyl (C=O) groups is 1. The van der Waals surface area contributed by atoms with Crippen molar-refractivity contribution in [3.05, 3.63) is 22.4 Å². The third-order valence-corrected chi connectivity index (χ3v) is 4.64. The Hall–Kier alpha value is -0.910. The molecule has 0 amide bonds. The van der Waals surface area contributed by atoms with Gasteiger partial charge in [0.2, 0.25) is 0 Å². The summed E-state index contributed by atoms with van der Waals surface area (Å²) in [5, 5.41) is 14.9. The maximum atomic E-state index is 11.8. The van der Waals surface area contributed by atoms with Gasteiger partial charge in [-0.1, -0.05) is 6.07 Å². The van der Waals surface area contributed by atoms with Crippen LogP contribution in [0.5, 0.6) is 0 Å². The van der Waals surface area contributed by atoms with Gasteiger partial charge in [-0.15, -0.1) is 11.3 Å². The van der Waals surface area contributed by atoms with Crippen molar-refractivity contribution in [2.24, 2.45) is 0 Å². The molecular weight excluding hydrogens is 262 g/mol. The first-order chi connectivity index (χ1) is 8.69. The van der Waals surface area contributed by atoms with E-state index in [9.17, 15) is 9.90 Å². The second kappa shape index (κ2) is 4.58. The van der Waals surface area contributed by atoms with Crippen LogP contribution >= 0.6 is 11.3 Å². The van der Waals surface area contributed by atoms with Crippen molar-refractivity contribution in [1.29, 1.82) is 0 Å². The zero-order valence-corrected chi connectivity index (χ0v) is 12.6. The van der Waals surface area contributed by atoms with E-state index in [0.29, 0.717) is 13.0 Å². The average Bonchev–Trinajstić information content (AvgIpc) is 2.79. The van der Waals surface area contributed by atoms with Crippen LogP contribution in [0.1, 0.15) is 39.0 Å². The van der Waals surface area contributed by atoms with Crippen LogP contribution in [0.2, 0.25) is 0 Å². The number of hydrogen-bond acceptors (Lipinski definition) is 4. The van der Waals surface area contributed by atoms with Crippen LogP contribution in [0.3, 0.4) is 0 Å². The maximum Gasteiger partial charge on any atom is 0.327 e. The molecule has 19 heavy (non-hydrogen) atoms. The largest absolute Gasteiger partial charge is 0.480 e. The molecule has 2 heterocycles. The number of carboxylic acid groups (broad SMARTS) is 1. The smallest absolute Gasteiger partial charge is 0.327 e. The molecule has 5 heteroatoms. The third-order valence-electron chi connectivity index (χ3n) is 3.76. The summed E-state index contributed by atoms with van der Waals surface area (Å²) in [5.41, 5.74) is -2.25. The van der Waals surface area contributed by atoms with Crippen molar-refractivity contribution in [2.75, 3.05) is 0 Å². The maximum absolute atomic E-state index is 11.8. The van der Waals surface area contributed by atoms with Gasteiger partial charge in [0.05, 0.1) is 11.2 Å². The standard InChI is InChI=1S/C14H21NO3S/c1-12(2)9-14(11(16)17,13(3,4)18-12)15-8-10-6-5-7-19-10/h5-7,15H,8-9H2,1-4H3,(H,16,17). The first kappa shape index (κ1) is 14.5. The van der Waals surface area contributed by atoms with Crippen molar-refractivity contribution in [3.63, 3.8) is 0 Å². The molecule has 1 aromatic heterocycles. The van der Waals surface area contributed by atoms with Crippen LogP contribution in [-0.2, 0) is 16.1 Å². The molecule has 0 aliphatic carbocycles. The lowest BCUT2D eigenvalue weighted by atomic mass is 9.79. The Kier molecular flexibility index (Phi) is 3.49. The number of thiophene rings is 1. The molecule has 1 atom stereocenters. The van der Waals surface area contributed by atoms with Crippen LogP contribution < -0.4 is 5.32 Å². The molecule has 1 aliphatic rings. The monoisotopic (exact) mass is 283 g/mol. The molecule has 2 rings (SSSR count). The molecule has 4 nitrogen and oxygen atoms in total. The number of carboxylic acids is 1. The van der Waals surface area contributed by atoms with E-state index >= 15 is 0 Å². The Bertz CT molecular complexity index is 467. The molecule has 1 aliphatic heterocycles. The first-order valence-electron chi connectivity index (χ1n) is 6.40. The molecule has 1 unspecified atom stereocenters. The fourth-order valence-electron chi connectivity index (χ4n) is 3.00. The molecule has 0 radical (unpaired) electrons. The molecule has 0 bridgehead atoms. The van der Waals surface area contributed by atoms with E-state index < -0.39 is 22.7 Å². The van der Waals surface area contributed by atoms with Gasteiger partial charge in [0, 0.05) is 17.8 Å². The molecule has 0 aromatic carbocycles. The van der Waals surface area contributed by atoms with Gasteiger partial charge < -0.3 is 9.84 Å². The van der Waals surface area contributed by atoms with Gasteiger partial charge in [0.1, 0.15) is 5.54 Å². The van der Waals surface area contributed by atoms with Crippen LogP contribution in [0.4, 0.5) is 0 Å². The second-order valence-electron chi connectivity index (χ2n) is 6.19. The van der Waals surface area contributed by atoms with E-state index in [0.717, 1.165) is 4.88 Å². The fraction of sp³-hybridized carbons (Fsp3) is 0.643. The van der Waals surface area contributed by atoms with E-state index in [1.54, 1.807) is 11.3 Å². The van der Waals surface area contributed by atoms with Gasteiger partial charge in [0.25, 0.3) is 0 Å². The Morgan fingerprint density at radius 2 is 2.16 bits per heavy atom. The Labute approximate surface area is 117 Å². The lowest BCUT2D eigenvalue weighted by Gasteiger charge is -2.36. The van der Waals surface area contributed by atoms with Crippen molar-refractivity contribution in [1.82, 2.24) is 5.32 Å². The number of nitrogens with one attached hydrogen (secondary N) is 1. The number of ether oxygens (including phenoxy) is 1. The average molecular weight is 283 g/mol.